The molecule has 1 aliphatic heterocycles. The first-order chi connectivity index (χ1) is 9.36. The third kappa shape index (κ3) is 2.26. The molecule has 0 unspecified atom stereocenters. The van der Waals surface area contributed by atoms with Crippen LogP contribution in [0.1, 0.15) is 24.5 Å². The maximum absolute atomic E-state index is 14.1. The lowest BCUT2D eigenvalue weighted by Crippen LogP contribution is -2.14. The van der Waals surface area contributed by atoms with Crippen LogP contribution in [0.25, 0.3) is 0 Å². The summed E-state index contributed by atoms with van der Waals surface area (Å²) in [4.78, 5) is 0. The number of rotatable bonds is 2. The summed E-state index contributed by atoms with van der Waals surface area (Å²) in [5.41, 5.74) is 1.26. The van der Waals surface area contributed by atoms with Crippen molar-refractivity contribution in [1.82, 2.24) is 0 Å². The molecular formula is C16H15F3O. The van der Waals surface area contributed by atoms with Crippen molar-refractivity contribution in [2.24, 2.45) is 0 Å². The van der Waals surface area contributed by atoms with Gasteiger partial charge >= 0.3 is 0 Å². The Morgan fingerprint density at radius 1 is 1.35 bits per heavy atom. The van der Waals surface area contributed by atoms with Gasteiger partial charge in [-0.25, -0.2) is 8.78 Å². The molecule has 0 aromatic heterocycles. The number of fused-ring (bicyclic) bond motifs is 1. The van der Waals surface area contributed by atoms with Crippen LogP contribution in [0.4, 0.5) is 13.2 Å². The zero-order valence-electron chi connectivity index (χ0n) is 11.4. The van der Waals surface area contributed by atoms with Crippen LogP contribution in [0, 0.1) is 18.6 Å². The van der Waals surface area contributed by atoms with Gasteiger partial charge < -0.3 is 4.74 Å². The van der Waals surface area contributed by atoms with E-state index in [2.05, 4.69) is 13.2 Å². The van der Waals surface area contributed by atoms with Gasteiger partial charge in [-0.3, -0.25) is 0 Å². The molecule has 20 heavy (non-hydrogen) atoms. The van der Waals surface area contributed by atoms with E-state index >= 15 is 0 Å². The number of ether oxygens (including phenoxy) is 1. The van der Waals surface area contributed by atoms with Crippen LogP contribution in [0.5, 0.6) is 5.75 Å². The maximum Gasteiger partial charge on any atom is 0.201 e. The highest BCUT2D eigenvalue weighted by Gasteiger charge is 2.27. The zero-order chi connectivity index (χ0) is 15.0. The third-order valence-electron chi connectivity index (χ3n) is 3.29. The van der Waals surface area contributed by atoms with Crippen LogP contribution in [0.15, 0.2) is 42.0 Å². The second-order valence-corrected chi connectivity index (χ2v) is 4.79. The molecule has 0 saturated heterocycles. The second kappa shape index (κ2) is 5.19. The van der Waals surface area contributed by atoms with Crippen LogP contribution in [0.2, 0.25) is 0 Å². The number of allylic oxidation sites excluding steroid dienone is 3. The van der Waals surface area contributed by atoms with Crippen molar-refractivity contribution >= 4 is 0 Å². The molecule has 1 nitrogen and oxygen atoms in total. The fourth-order valence-corrected chi connectivity index (χ4v) is 2.05. The van der Waals surface area contributed by atoms with E-state index in [-0.39, 0.29) is 29.1 Å². The molecule has 1 aromatic carbocycles. The van der Waals surface area contributed by atoms with Gasteiger partial charge in [0.25, 0.3) is 0 Å². The Bertz CT molecular complexity index is 642. The number of hydrogen-bond acceptors (Lipinski definition) is 1. The Balaban J connectivity index is 2.56. The minimum Gasteiger partial charge on any atom is -0.450 e. The second-order valence-electron chi connectivity index (χ2n) is 4.79. The highest BCUT2D eigenvalue weighted by Crippen LogP contribution is 2.38. The largest absolute Gasteiger partial charge is 0.450 e. The lowest BCUT2D eigenvalue weighted by atomic mass is 9.97. The molecule has 0 aliphatic carbocycles. The molecule has 0 amide bonds. The first-order valence-electron chi connectivity index (χ1n) is 6.28. The molecule has 0 saturated carbocycles. The number of hydrogen-bond donors (Lipinski definition) is 0. The maximum atomic E-state index is 14.1. The fourth-order valence-electron chi connectivity index (χ4n) is 2.05. The lowest BCUT2D eigenvalue weighted by Gasteiger charge is -2.23. The molecule has 1 heterocycles. The van der Waals surface area contributed by atoms with Crippen molar-refractivity contribution in [3.8, 4) is 5.75 Å². The molecule has 0 atom stereocenters. The molecule has 2 rings (SSSR count). The molecule has 0 fully saturated rings. The predicted molar refractivity (Wildman–Crippen MR) is 72.1 cm³/mol. The van der Waals surface area contributed by atoms with E-state index < -0.39 is 17.5 Å². The minimum absolute atomic E-state index is 0.161. The van der Waals surface area contributed by atoms with E-state index in [1.54, 1.807) is 6.92 Å². The van der Waals surface area contributed by atoms with Crippen LogP contribution in [-0.4, -0.2) is 0 Å². The van der Waals surface area contributed by atoms with Gasteiger partial charge in [-0.15, -0.1) is 0 Å². The molecule has 0 spiro atoms. The van der Waals surface area contributed by atoms with E-state index in [9.17, 15) is 13.2 Å². The van der Waals surface area contributed by atoms with Crippen molar-refractivity contribution in [3.63, 3.8) is 0 Å². The number of aryl methyl sites for hydroxylation is 1. The SMILES string of the molecule is C=C(CC)/C(F)=C1/Oc2c(cc(C)c(F)c2F)CC1=C. The molecule has 0 N–H and O–H groups in total. The highest BCUT2D eigenvalue weighted by molar-refractivity contribution is 5.51. The van der Waals surface area contributed by atoms with Crippen LogP contribution >= 0.6 is 0 Å². The third-order valence-corrected chi connectivity index (χ3v) is 3.29. The van der Waals surface area contributed by atoms with Gasteiger partial charge in [0.05, 0.1) is 0 Å². The van der Waals surface area contributed by atoms with E-state index in [1.807, 2.05) is 0 Å². The average Bonchev–Trinajstić information content (AvgIpc) is 2.43. The predicted octanol–water partition coefficient (Wildman–Crippen LogP) is 4.91. The summed E-state index contributed by atoms with van der Waals surface area (Å²) in [5, 5.41) is 0. The summed E-state index contributed by atoms with van der Waals surface area (Å²) in [6.45, 7) is 10.5. The lowest BCUT2D eigenvalue weighted by molar-refractivity contribution is 0.354. The molecule has 1 aromatic rings. The Labute approximate surface area is 116 Å². The van der Waals surface area contributed by atoms with Gasteiger partial charge in [0.15, 0.2) is 23.2 Å². The van der Waals surface area contributed by atoms with E-state index in [1.165, 1.54) is 13.0 Å². The van der Waals surface area contributed by atoms with E-state index in [0.29, 0.717) is 17.6 Å². The Morgan fingerprint density at radius 2 is 2.00 bits per heavy atom. The Morgan fingerprint density at radius 3 is 2.60 bits per heavy atom. The number of benzene rings is 1. The first-order valence-corrected chi connectivity index (χ1v) is 6.28. The summed E-state index contributed by atoms with van der Waals surface area (Å²) in [6, 6.07) is 1.49. The van der Waals surface area contributed by atoms with Crippen LogP contribution < -0.4 is 4.74 Å². The first kappa shape index (κ1) is 14.4. The smallest absolute Gasteiger partial charge is 0.201 e. The summed E-state index contributed by atoms with van der Waals surface area (Å²) in [6.07, 6.45) is 0.608. The summed E-state index contributed by atoms with van der Waals surface area (Å²) < 4.78 is 46.8. The summed E-state index contributed by atoms with van der Waals surface area (Å²) in [7, 11) is 0. The van der Waals surface area contributed by atoms with Crippen LogP contribution in [-0.2, 0) is 6.42 Å². The zero-order valence-corrected chi connectivity index (χ0v) is 11.4. The molecule has 0 radical (unpaired) electrons. The molecule has 0 bridgehead atoms. The standard InChI is InChI=1S/C16H15F3O/c1-5-8(2)13(18)15-10(4)7-11-6-9(3)12(17)14(19)16(11)20-15/h6H,2,4-5,7H2,1,3H3/b15-13-. The van der Waals surface area contributed by atoms with Gasteiger partial charge in [-0.2, -0.15) is 4.39 Å². The number of halogens is 3. The minimum atomic E-state index is -1.10. The van der Waals surface area contributed by atoms with Crippen molar-refractivity contribution < 1.29 is 17.9 Å². The highest BCUT2D eigenvalue weighted by atomic mass is 19.2. The summed E-state index contributed by atoms with van der Waals surface area (Å²) in [5.74, 6) is -3.17. The van der Waals surface area contributed by atoms with Crippen molar-refractivity contribution in [3.05, 3.63) is 64.7 Å². The summed E-state index contributed by atoms with van der Waals surface area (Å²) >= 11 is 0. The van der Waals surface area contributed by atoms with E-state index in [0.717, 1.165) is 0 Å². The quantitative estimate of drug-likeness (QED) is 0.747. The van der Waals surface area contributed by atoms with Crippen LogP contribution in [0.3, 0.4) is 0 Å². The van der Waals surface area contributed by atoms with Crippen molar-refractivity contribution in [2.75, 3.05) is 0 Å². The van der Waals surface area contributed by atoms with Crippen molar-refractivity contribution in [2.45, 2.75) is 26.7 Å². The fraction of sp³-hybridized carbons (Fsp3) is 0.250. The molecule has 4 heteroatoms. The van der Waals surface area contributed by atoms with E-state index in [4.69, 9.17) is 4.74 Å². The monoisotopic (exact) mass is 280 g/mol. The van der Waals surface area contributed by atoms with Gasteiger partial charge in [-0.1, -0.05) is 20.1 Å². The average molecular weight is 280 g/mol. The normalized spacial score (nSPS) is 16.6. The van der Waals surface area contributed by atoms with Gasteiger partial charge in [0, 0.05) is 12.0 Å². The molecule has 1 aliphatic rings. The van der Waals surface area contributed by atoms with Crippen molar-refractivity contribution in [1.29, 1.82) is 0 Å². The molecular weight excluding hydrogens is 265 g/mol. The van der Waals surface area contributed by atoms with Gasteiger partial charge in [-0.05, 0) is 36.1 Å². The van der Waals surface area contributed by atoms with Gasteiger partial charge in [0.1, 0.15) is 0 Å². The molecule has 106 valence electrons. The topological polar surface area (TPSA) is 9.23 Å². The Hall–Kier alpha value is -1.97. The van der Waals surface area contributed by atoms with Gasteiger partial charge in [0.2, 0.25) is 5.82 Å². The Kier molecular flexibility index (Phi) is 3.75.